The molecule has 0 aliphatic carbocycles. The molecule has 414 valence electrons. The number of rotatable bonds is 56. The molecule has 0 aliphatic heterocycles. The van der Waals surface area contributed by atoms with E-state index >= 15 is 0 Å². The monoisotopic (exact) mass is 1000 g/mol. The molecule has 0 rings (SSSR count). The van der Waals surface area contributed by atoms with Crippen molar-refractivity contribution in [1.82, 2.24) is 0 Å². The average molecular weight is 1000 g/mol. The highest BCUT2D eigenvalue weighted by Gasteiger charge is 2.17. The summed E-state index contributed by atoms with van der Waals surface area (Å²) in [5.41, 5.74) is 0. The highest BCUT2D eigenvalue weighted by Crippen LogP contribution is 2.16. The molecule has 0 saturated heterocycles. The topological polar surface area (TPSA) is 61.8 Å². The molecule has 0 N–H and O–H groups in total. The first kappa shape index (κ1) is 68.8. The fourth-order valence-electron chi connectivity index (χ4n) is 8.57. The van der Waals surface area contributed by atoms with Crippen LogP contribution in [0, 0.1) is 0 Å². The van der Waals surface area contributed by atoms with Gasteiger partial charge >= 0.3 is 11.9 Å². The number of ether oxygens (including phenoxy) is 3. The molecular weight excluding hydrogens is 885 g/mol. The SMILES string of the molecule is CC/C=C\C/C=C\C/C=C\C/C=C\C/C=C\C/C=C\CCC(=O)OCC(COCCCCCCCCCCCC/C=C\C/C=C\CCCCC)OC(=O)CCCCCCCCCCCCCCCCCCC. The Hall–Kier alpha value is -3.18. The van der Waals surface area contributed by atoms with Crippen LogP contribution in [0.15, 0.2) is 97.2 Å². The summed E-state index contributed by atoms with van der Waals surface area (Å²) in [6, 6.07) is 0. The van der Waals surface area contributed by atoms with E-state index in [2.05, 4.69) is 112 Å². The molecule has 0 amide bonds. The fourth-order valence-corrected chi connectivity index (χ4v) is 8.57. The molecule has 1 atom stereocenters. The molecule has 0 radical (unpaired) electrons. The molecule has 0 bridgehead atoms. The Morgan fingerprint density at radius 3 is 1.08 bits per heavy atom. The normalized spacial score (nSPS) is 12.9. The third kappa shape index (κ3) is 59.4. The molecule has 0 aliphatic rings. The van der Waals surface area contributed by atoms with Gasteiger partial charge in [0.05, 0.1) is 6.61 Å². The van der Waals surface area contributed by atoms with Gasteiger partial charge < -0.3 is 14.2 Å². The molecule has 5 heteroatoms. The van der Waals surface area contributed by atoms with Gasteiger partial charge in [-0.25, -0.2) is 0 Å². The molecule has 0 heterocycles. The van der Waals surface area contributed by atoms with Gasteiger partial charge in [-0.05, 0) is 89.9 Å². The van der Waals surface area contributed by atoms with Crippen LogP contribution in [0.5, 0.6) is 0 Å². The Labute approximate surface area is 447 Å². The van der Waals surface area contributed by atoms with E-state index < -0.39 is 6.10 Å². The number of hydrogen-bond acceptors (Lipinski definition) is 5. The van der Waals surface area contributed by atoms with Gasteiger partial charge in [0.15, 0.2) is 6.10 Å². The van der Waals surface area contributed by atoms with Crippen LogP contribution in [-0.4, -0.2) is 37.9 Å². The van der Waals surface area contributed by atoms with Crippen LogP contribution in [0.1, 0.15) is 290 Å². The Morgan fingerprint density at radius 1 is 0.319 bits per heavy atom. The maximum absolute atomic E-state index is 12.9. The number of carbonyl (C=O) groups is 2. The first-order valence-corrected chi connectivity index (χ1v) is 30.8. The molecule has 0 spiro atoms. The summed E-state index contributed by atoms with van der Waals surface area (Å²) in [5, 5.41) is 0. The minimum atomic E-state index is -0.573. The van der Waals surface area contributed by atoms with E-state index in [1.807, 2.05) is 6.08 Å². The number of esters is 2. The number of hydrogen-bond donors (Lipinski definition) is 0. The van der Waals surface area contributed by atoms with E-state index in [1.54, 1.807) is 0 Å². The lowest BCUT2D eigenvalue weighted by Crippen LogP contribution is -2.30. The molecular formula is C67H116O5. The zero-order valence-electron chi connectivity index (χ0n) is 47.7. The number of unbranched alkanes of at least 4 members (excludes halogenated alkanes) is 29. The zero-order valence-corrected chi connectivity index (χ0v) is 47.7. The smallest absolute Gasteiger partial charge is 0.306 e. The molecule has 0 aromatic rings. The van der Waals surface area contributed by atoms with Crippen LogP contribution in [-0.2, 0) is 23.8 Å². The molecule has 0 fully saturated rings. The van der Waals surface area contributed by atoms with Crippen molar-refractivity contribution in [3.63, 3.8) is 0 Å². The average Bonchev–Trinajstić information content (AvgIpc) is 3.38. The fraction of sp³-hybridized carbons (Fsp3) is 0.731. The predicted octanol–water partition coefficient (Wildman–Crippen LogP) is 21.4. The van der Waals surface area contributed by atoms with Gasteiger partial charge in [0, 0.05) is 19.4 Å². The summed E-state index contributed by atoms with van der Waals surface area (Å²) in [6.45, 7) is 7.64. The molecule has 0 aromatic carbocycles. The van der Waals surface area contributed by atoms with Crippen molar-refractivity contribution in [1.29, 1.82) is 0 Å². The number of carbonyl (C=O) groups excluding carboxylic acids is 2. The summed E-state index contributed by atoms with van der Waals surface area (Å²) in [7, 11) is 0. The highest BCUT2D eigenvalue weighted by atomic mass is 16.6. The standard InChI is InChI=1S/C67H116O5/c1-4-7-10-13-16-19-22-25-28-31-33-35-38-41-44-47-50-53-56-59-62-70-63-65(72-67(69)61-58-55-52-49-46-43-40-36-30-27-24-21-18-15-12-9-6-3)64-71-66(68)60-57-54-51-48-45-42-39-37-34-32-29-26-23-20-17-14-11-8-5-2/h8,11,16-17,19-20,25-26,28-29,34,37,42,45,51,54,65H,4-7,9-10,12-15,18,21-24,27,30-33,35-36,38-41,43-44,46-50,52-53,55-64H2,1-3H3/b11-8-,19-16-,20-17-,28-25-,29-26-,37-34-,45-42-,54-51-. The second kappa shape index (κ2) is 62.1. The lowest BCUT2D eigenvalue weighted by molar-refractivity contribution is -0.162. The minimum absolute atomic E-state index is 0.0426. The maximum atomic E-state index is 12.9. The Kier molecular flexibility index (Phi) is 59.4. The lowest BCUT2D eigenvalue weighted by Gasteiger charge is -2.18. The van der Waals surface area contributed by atoms with Gasteiger partial charge in [0.2, 0.25) is 0 Å². The summed E-state index contributed by atoms with van der Waals surface area (Å²) in [6.07, 6.45) is 84.5. The maximum Gasteiger partial charge on any atom is 0.306 e. The quantitative estimate of drug-likeness (QED) is 0.0345. The first-order chi connectivity index (χ1) is 35.6. The summed E-state index contributed by atoms with van der Waals surface area (Å²) in [4.78, 5) is 25.6. The molecule has 5 nitrogen and oxygen atoms in total. The Bertz CT molecular complexity index is 1360. The summed E-state index contributed by atoms with van der Waals surface area (Å²) >= 11 is 0. The van der Waals surface area contributed by atoms with E-state index in [0.29, 0.717) is 25.9 Å². The minimum Gasteiger partial charge on any atom is -0.462 e. The van der Waals surface area contributed by atoms with Crippen LogP contribution in [0.25, 0.3) is 0 Å². The highest BCUT2D eigenvalue weighted by molar-refractivity contribution is 5.70. The first-order valence-electron chi connectivity index (χ1n) is 30.8. The van der Waals surface area contributed by atoms with E-state index in [4.69, 9.17) is 14.2 Å². The van der Waals surface area contributed by atoms with Gasteiger partial charge in [0.1, 0.15) is 6.61 Å². The summed E-state index contributed by atoms with van der Waals surface area (Å²) < 4.78 is 17.5. The van der Waals surface area contributed by atoms with Crippen molar-refractivity contribution in [2.75, 3.05) is 19.8 Å². The molecule has 1 unspecified atom stereocenters. The number of allylic oxidation sites excluding steroid dienone is 16. The third-order valence-corrected chi connectivity index (χ3v) is 13.1. The van der Waals surface area contributed by atoms with E-state index in [0.717, 1.165) is 70.6 Å². The lowest BCUT2D eigenvalue weighted by atomic mass is 10.0. The van der Waals surface area contributed by atoms with Crippen LogP contribution in [0.2, 0.25) is 0 Å². The second-order valence-electron chi connectivity index (χ2n) is 20.2. The van der Waals surface area contributed by atoms with Crippen LogP contribution in [0.3, 0.4) is 0 Å². The Balaban J connectivity index is 4.37. The van der Waals surface area contributed by atoms with Crippen LogP contribution >= 0.6 is 0 Å². The molecule has 72 heavy (non-hydrogen) atoms. The van der Waals surface area contributed by atoms with Gasteiger partial charge in [-0.1, -0.05) is 285 Å². The second-order valence-corrected chi connectivity index (χ2v) is 20.2. The Morgan fingerprint density at radius 2 is 0.653 bits per heavy atom. The van der Waals surface area contributed by atoms with Crippen LogP contribution < -0.4 is 0 Å². The van der Waals surface area contributed by atoms with Gasteiger partial charge in [-0.2, -0.15) is 0 Å². The van der Waals surface area contributed by atoms with Crippen molar-refractivity contribution in [2.24, 2.45) is 0 Å². The van der Waals surface area contributed by atoms with E-state index in [1.165, 1.54) is 180 Å². The van der Waals surface area contributed by atoms with Crippen molar-refractivity contribution in [3.05, 3.63) is 97.2 Å². The van der Waals surface area contributed by atoms with Crippen molar-refractivity contribution in [3.8, 4) is 0 Å². The van der Waals surface area contributed by atoms with Crippen molar-refractivity contribution >= 4 is 11.9 Å². The molecule has 0 aromatic heterocycles. The van der Waals surface area contributed by atoms with Gasteiger partial charge in [-0.3, -0.25) is 9.59 Å². The van der Waals surface area contributed by atoms with E-state index in [9.17, 15) is 9.59 Å². The van der Waals surface area contributed by atoms with E-state index in [-0.39, 0.29) is 25.2 Å². The third-order valence-electron chi connectivity index (χ3n) is 13.1. The largest absolute Gasteiger partial charge is 0.462 e. The summed E-state index contributed by atoms with van der Waals surface area (Å²) in [5.74, 6) is -0.486. The van der Waals surface area contributed by atoms with Gasteiger partial charge in [-0.15, -0.1) is 0 Å². The van der Waals surface area contributed by atoms with Crippen LogP contribution in [0.4, 0.5) is 0 Å². The van der Waals surface area contributed by atoms with Crippen molar-refractivity contribution < 1.29 is 23.8 Å². The zero-order chi connectivity index (χ0) is 52.0. The van der Waals surface area contributed by atoms with Gasteiger partial charge in [0.25, 0.3) is 0 Å². The van der Waals surface area contributed by atoms with Crippen molar-refractivity contribution in [2.45, 2.75) is 297 Å². The molecule has 0 saturated carbocycles. The predicted molar refractivity (Wildman–Crippen MR) is 316 cm³/mol.